The molecule has 5 atom stereocenters. The maximum atomic E-state index is 11.7. The first-order chi connectivity index (χ1) is 13.6. The molecule has 13 heteroatoms. The van der Waals surface area contributed by atoms with Gasteiger partial charge in [-0.15, -0.1) is 5.10 Å². The monoisotopic (exact) mass is 415 g/mol. The summed E-state index contributed by atoms with van der Waals surface area (Å²) in [6, 6.07) is -1.11. The van der Waals surface area contributed by atoms with Crippen LogP contribution in [-0.2, 0) is 31.4 Å². The summed E-state index contributed by atoms with van der Waals surface area (Å²) in [5.41, 5.74) is 0.344. The lowest BCUT2D eigenvalue weighted by molar-refractivity contribution is -0.271. The number of nitrogens with one attached hydrogen (secondary N) is 2. The number of ether oxygens (including phenoxy) is 1. The van der Waals surface area contributed by atoms with Crippen LogP contribution < -0.4 is 10.6 Å². The Morgan fingerprint density at radius 3 is 2.59 bits per heavy atom. The number of carbonyl (C=O) groups excluding carboxylic acids is 2. The number of hydrogen-bond acceptors (Lipinski definition) is 9. The van der Waals surface area contributed by atoms with Crippen molar-refractivity contribution < 1.29 is 39.5 Å². The molecule has 1 aromatic rings. The standard InChI is InChI=1S/C16H25N5O8/c1-8(23)17-11(15(27)28)4-3-10-6-21(20-19-10)16(18-9(2)24)5-12(25)14(26)13(7-22)29-16/h6,11-14,22,25-26H,3-5,7H2,1-2H3,(H,17,23)(H,18,24)(H,27,28)/t11-,12+,13+,14-,16-/m0/s1. The van der Waals surface area contributed by atoms with Gasteiger partial charge in [-0.3, -0.25) is 9.59 Å². The summed E-state index contributed by atoms with van der Waals surface area (Å²) in [5, 5.41) is 51.3. The van der Waals surface area contributed by atoms with Crippen molar-refractivity contribution in [2.45, 2.75) is 63.3 Å². The maximum absolute atomic E-state index is 11.7. The molecule has 1 fully saturated rings. The van der Waals surface area contributed by atoms with Gasteiger partial charge >= 0.3 is 5.97 Å². The van der Waals surface area contributed by atoms with E-state index in [1.807, 2.05) is 0 Å². The second-order valence-corrected chi connectivity index (χ2v) is 6.85. The van der Waals surface area contributed by atoms with Gasteiger partial charge in [0.05, 0.1) is 24.6 Å². The Bertz CT molecular complexity index is 755. The number of carbonyl (C=O) groups is 3. The fourth-order valence-electron chi connectivity index (χ4n) is 3.11. The molecule has 0 bridgehead atoms. The van der Waals surface area contributed by atoms with Crippen LogP contribution >= 0.6 is 0 Å². The van der Waals surface area contributed by atoms with Gasteiger partial charge in [-0.25, -0.2) is 9.48 Å². The Morgan fingerprint density at radius 1 is 1.34 bits per heavy atom. The van der Waals surface area contributed by atoms with Crippen molar-refractivity contribution in [2.24, 2.45) is 0 Å². The van der Waals surface area contributed by atoms with E-state index in [0.717, 1.165) is 4.68 Å². The van der Waals surface area contributed by atoms with Gasteiger partial charge < -0.3 is 35.8 Å². The van der Waals surface area contributed by atoms with Gasteiger partial charge in [-0.05, 0) is 12.8 Å². The van der Waals surface area contributed by atoms with Gasteiger partial charge in [0.1, 0.15) is 18.2 Å². The number of aliphatic hydroxyl groups excluding tert-OH is 3. The number of aliphatic hydroxyl groups is 3. The Kier molecular flexibility index (Phi) is 7.24. The molecule has 0 unspecified atom stereocenters. The minimum absolute atomic E-state index is 0.0439. The molecule has 0 radical (unpaired) electrons. The molecular formula is C16H25N5O8. The van der Waals surface area contributed by atoms with Crippen LogP contribution in [0.4, 0.5) is 0 Å². The van der Waals surface area contributed by atoms with Crippen molar-refractivity contribution in [1.29, 1.82) is 0 Å². The van der Waals surface area contributed by atoms with Crippen LogP contribution in [0.5, 0.6) is 0 Å². The van der Waals surface area contributed by atoms with Gasteiger partial charge in [-0.2, -0.15) is 0 Å². The first-order valence-electron chi connectivity index (χ1n) is 8.93. The van der Waals surface area contributed by atoms with E-state index in [9.17, 15) is 29.7 Å². The molecule has 0 aromatic carbocycles. The lowest BCUT2D eigenvalue weighted by atomic mass is 9.98. The molecule has 1 saturated heterocycles. The zero-order chi connectivity index (χ0) is 21.8. The molecule has 1 aliphatic heterocycles. The smallest absolute Gasteiger partial charge is 0.326 e. The van der Waals surface area contributed by atoms with Gasteiger partial charge in [0.15, 0.2) is 0 Å². The predicted octanol–water partition coefficient (Wildman–Crippen LogP) is -2.95. The van der Waals surface area contributed by atoms with Crippen molar-refractivity contribution >= 4 is 17.8 Å². The molecule has 2 amide bonds. The number of hydrogen-bond donors (Lipinski definition) is 6. The Hall–Kier alpha value is -2.61. The summed E-state index contributed by atoms with van der Waals surface area (Å²) < 4.78 is 6.78. The molecule has 2 heterocycles. The van der Waals surface area contributed by atoms with Gasteiger partial charge in [0.2, 0.25) is 17.7 Å². The third-order valence-corrected chi connectivity index (χ3v) is 4.43. The van der Waals surface area contributed by atoms with Crippen molar-refractivity contribution in [2.75, 3.05) is 6.61 Å². The number of carboxylic acid groups (broad SMARTS) is 1. The normalized spacial score (nSPS) is 27.8. The van der Waals surface area contributed by atoms with Crippen molar-refractivity contribution in [3.05, 3.63) is 11.9 Å². The fourth-order valence-corrected chi connectivity index (χ4v) is 3.11. The summed E-state index contributed by atoms with van der Waals surface area (Å²) in [6.07, 6.45) is -2.56. The zero-order valence-corrected chi connectivity index (χ0v) is 16.0. The number of amides is 2. The van der Waals surface area contributed by atoms with Crippen LogP contribution in [-0.4, -0.2) is 84.2 Å². The van der Waals surface area contributed by atoms with E-state index in [1.165, 1.54) is 20.0 Å². The number of carboxylic acids is 1. The van der Waals surface area contributed by atoms with Crippen LogP contribution in [0, 0.1) is 0 Å². The highest BCUT2D eigenvalue weighted by Crippen LogP contribution is 2.31. The molecule has 1 aromatic heterocycles. The van der Waals surface area contributed by atoms with Crippen LogP contribution in [0.25, 0.3) is 0 Å². The van der Waals surface area contributed by atoms with E-state index >= 15 is 0 Å². The van der Waals surface area contributed by atoms with Crippen LogP contribution in [0.3, 0.4) is 0 Å². The second-order valence-electron chi connectivity index (χ2n) is 6.85. The summed E-state index contributed by atoms with van der Waals surface area (Å²) >= 11 is 0. The summed E-state index contributed by atoms with van der Waals surface area (Å²) in [7, 11) is 0. The molecule has 1 aliphatic rings. The predicted molar refractivity (Wildman–Crippen MR) is 94.0 cm³/mol. The van der Waals surface area contributed by atoms with Crippen LogP contribution in [0.15, 0.2) is 6.20 Å². The first kappa shape index (κ1) is 22.7. The molecule has 0 aliphatic carbocycles. The Labute approximate surface area is 165 Å². The topological polar surface area (TPSA) is 196 Å². The number of aliphatic carboxylic acids is 1. The highest BCUT2D eigenvalue weighted by atomic mass is 16.6. The van der Waals surface area contributed by atoms with E-state index in [1.54, 1.807) is 0 Å². The molecule has 0 spiro atoms. The van der Waals surface area contributed by atoms with Crippen molar-refractivity contribution in [3.8, 4) is 0 Å². The molecule has 0 saturated carbocycles. The lowest BCUT2D eigenvalue weighted by Crippen LogP contribution is -2.63. The van der Waals surface area contributed by atoms with Gasteiger partial charge in [-0.1, -0.05) is 5.21 Å². The van der Waals surface area contributed by atoms with E-state index in [2.05, 4.69) is 20.9 Å². The quantitative estimate of drug-likeness (QED) is 0.255. The van der Waals surface area contributed by atoms with Crippen molar-refractivity contribution in [1.82, 2.24) is 25.6 Å². The Balaban J connectivity index is 2.22. The third kappa shape index (κ3) is 5.47. The van der Waals surface area contributed by atoms with Crippen molar-refractivity contribution in [3.63, 3.8) is 0 Å². The van der Waals surface area contributed by atoms with Gasteiger partial charge in [0.25, 0.3) is 0 Å². The average molecular weight is 415 g/mol. The maximum Gasteiger partial charge on any atom is 0.326 e. The number of aromatic nitrogens is 3. The minimum Gasteiger partial charge on any atom is -0.480 e. The first-order valence-corrected chi connectivity index (χ1v) is 8.93. The molecule has 2 rings (SSSR count). The molecule has 29 heavy (non-hydrogen) atoms. The number of nitrogens with zero attached hydrogens (tertiary/aromatic N) is 3. The summed E-state index contributed by atoms with van der Waals surface area (Å²) in [6.45, 7) is 1.82. The summed E-state index contributed by atoms with van der Waals surface area (Å²) in [5.74, 6) is -3.89. The average Bonchev–Trinajstić information content (AvgIpc) is 3.10. The second kappa shape index (κ2) is 9.26. The molecule has 162 valence electrons. The summed E-state index contributed by atoms with van der Waals surface area (Å²) in [4.78, 5) is 34.0. The number of aryl methyl sites for hydroxylation is 1. The van der Waals surface area contributed by atoms with Gasteiger partial charge in [0, 0.05) is 20.3 Å². The number of rotatable bonds is 8. The largest absolute Gasteiger partial charge is 0.480 e. The van der Waals surface area contributed by atoms with E-state index < -0.39 is 54.6 Å². The zero-order valence-electron chi connectivity index (χ0n) is 16.0. The molecular weight excluding hydrogens is 390 g/mol. The minimum atomic E-state index is -1.70. The lowest BCUT2D eigenvalue weighted by Gasteiger charge is -2.44. The highest BCUT2D eigenvalue weighted by Gasteiger charge is 2.49. The highest BCUT2D eigenvalue weighted by molar-refractivity contribution is 5.82. The van der Waals surface area contributed by atoms with Crippen LogP contribution in [0.1, 0.15) is 32.4 Å². The molecule has 6 N–H and O–H groups in total. The van der Waals surface area contributed by atoms with E-state index in [-0.39, 0.29) is 19.3 Å². The SMILES string of the molecule is CC(=O)N[C@@H](CCc1cn([C@@]2(NC(C)=O)C[C@@H](O)[C@H](O)[C@@H](CO)O2)nn1)C(=O)O. The Morgan fingerprint density at radius 2 is 2.03 bits per heavy atom. The third-order valence-electron chi connectivity index (χ3n) is 4.43. The van der Waals surface area contributed by atoms with E-state index in [0.29, 0.717) is 5.69 Å². The fraction of sp³-hybridized carbons (Fsp3) is 0.688. The van der Waals surface area contributed by atoms with Crippen LogP contribution in [0.2, 0.25) is 0 Å². The van der Waals surface area contributed by atoms with E-state index in [4.69, 9.17) is 9.84 Å². The molecule has 13 nitrogen and oxygen atoms in total.